The first-order valence-corrected chi connectivity index (χ1v) is 6.60. The molecule has 110 valence electrons. The van der Waals surface area contributed by atoms with Crippen molar-refractivity contribution < 1.29 is 14.7 Å². The van der Waals surface area contributed by atoms with Crippen LogP contribution in [0.5, 0.6) is 0 Å². The van der Waals surface area contributed by atoms with Crippen LogP contribution in [0.25, 0.3) is 0 Å². The van der Waals surface area contributed by atoms with Crippen molar-refractivity contribution in [3.05, 3.63) is 24.0 Å². The third kappa shape index (κ3) is 5.26. The van der Waals surface area contributed by atoms with E-state index in [1.54, 1.807) is 12.1 Å². The van der Waals surface area contributed by atoms with Crippen LogP contribution in [0.3, 0.4) is 0 Å². The maximum atomic E-state index is 11.9. The molecule has 0 saturated heterocycles. The Hall–Kier alpha value is -2.11. The van der Waals surface area contributed by atoms with E-state index in [0.717, 1.165) is 6.42 Å². The first kappa shape index (κ1) is 15.9. The molecule has 6 nitrogen and oxygen atoms in total. The predicted molar refractivity (Wildman–Crippen MR) is 76.2 cm³/mol. The number of pyridine rings is 1. The molecule has 6 heteroatoms. The SMILES string of the molecule is CC(C)C[C@H](CNC(=O)c1ncccc1N)CC(=O)O. The molecular formula is C14H21N3O3. The van der Waals surface area contributed by atoms with Gasteiger partial charge in [0.1, 0.15) is 0 Å². The molecule has 0 aromatic carbocycles. The van der Waals surface area contributed by atoms with E-state index in [1.807, 2.05) is 13.8 Å². The molecule has 1 rings (SSSR count). The summed E-state index contributed by atoms with van der Waals surface area (Å²) in [6, 6.07) is 3.25. The molecule has 0 unspecified atom stereocenters. The summed E-state index contributed by atoms with van der Waals surface area (Å²) in [4.78, 5) is 26.7. The van der Waals surface area contributed by atoms with Gasteiger partial charge in [0.25, 0.3) is 5.91 Å². The zero-order valence-electron chi connectivity index (χ0n) is 11.8. The van der Waals surface area contributed by atoms with Gasteiger partial charge < -0.3 is 16.2 Å². The molecule has 1 aromatic heterocycles. The van der Waals surface area contributed by atoms with Gasteiger partial charge in [0.05, 0.1) is 5.69 Å². The summed E-state index contributed by atoms with van der Waals surface area (Å²) in [6.07, 6.45) is 2.27. The summed E-state index contributed by atoms with van der Waals surface area (Å²) in [5.74, 6) is -0.956. The lowest BCUT2D eigenvalue weighted by molar-refractivity contribution is -0.138. The Bertz CT molecular complexity index is 474. The first-order valence-electron chi connectivity index (χ1n) is 6.60. The van der Waals surface area contributed by atoms with Crippen LogP contribution >= 0.6 is 0 Å². The number of nitrogen functional groups attached to an aromatic ring is 1. The van der Waals surface area contributed by atoms with E-state index in [4.69, 9.17) is 10.8 Å². The minimum absolute atomic E-state index is 0.0379. The minimum Gasteiger partial charge on any atom is -0.481 e. The number of carbonyl (C=O) groups is 2. The van der Waals surface area contributed by atoms with Crippen LogP contribution in [0.4, 0.5) is 5.69 Å². The van der Waals surface area contributed by atoms with E-state index in [9.17, 15) is 9.59 Å². The van der Waals surface area contributed by atoms with Crippen molar-refractivity contribution in [1.29, 1.82) is 0 Å². The highest BCUT2D eigenvalue weighted by atomic mass is 16.4. The molecule has 0 spiro atoms. The highest BCUT2D eigenvalue weighted by Crippen LogP contribution is 2.15. The van der Waals surface area contributed by atoms with E-state index in [1.165, 1.54) is 6.20 Å². The highest BCUT2D eigenvalue weighted by Gasteiger charge is 2.17. The molecule has 0 radical (unpaired) electrons. The van der Waals surface area contributed by atoms with Gasteiger partial charge in [-0.15, -0.1) is 0 Å². The number of aromatic nitrogens is 1. The molecule has 0 bridgehead atoms. The van der Waals surface area contributed by atoms with Crippen LogP contribution in [0.1, 0.15) is 37.2 Å². The van der Waals surface area contributed by atoms with Gasteiger partial charge in [0.15, 0.2) is 5.69 Å². The van der Waals surface area contributed by atoms with Gasteiger partial charge in [-0.2, -0.15) is 0 Å². The summed E-state index contributed by atoms with van der Waals surface area (Å²) in [6.45, 7) is 4.35. The fourth-order valence-corrected chi connectivity index (χ4v) is 2.08. The number of nitrogens with two attached hydrogens (primary N) is 1. The van der Waals surface area contributed by atoms with Gasteiger partial charge in [0.2, 0.25) is 0 Å². The lowest BCUT2D eigenvalue weighted by atomic mass is 9.94. The minimum atomic E-state index is -0.859. The summed E-state index contributed by atoms with van der Waals surface area (Å²) >= 11 is 0. The molecule has 0 saturated carbocycles. The Labute approximate surface area is 118 Å². The van der Waals surface area contributed by atoms with Crippen LogP contribution in [0.15, 0.2) is 18.3 Å². The van der Waals surface area contributed by atoms with E-state index < -0.39 is 5.97 Å². The Morgan fingerprint density at radius 3 is 2.70 bits per heavy atom. The molecule has 0 fully saturated rings. The van der Waals surface area contributed by atoms with Gasteiger partial charge in [-0.05, 0) is 30.4 Å². The molecule has 1 aromatic rings. The zero-order valence-corrected chi connectivity index (χ0v) is 11.8. The lowest BCUT2D eigenvalue weighted by Gasteiger charge is -2.17. The molecule has 0 aliphatic rings. The number of hydrogen-bond acceptors (Lipinski definition) is 4. The van der Waals surface area contributed by atoms with Gasteiger partial charge in [-0.25, -0.2) is 4.98 Å². The standard InChI is InChI=1S/C14H21N3O3/c1-9(2)6-10(7-12(18)19)8-17-14(20)13-11(15)4-3-5-16-13/h3-5,9-10H,6-8,15H2,1-2H3,(H,17,20)(H,18,19)/t10-/m0/s1. The maximum Gasteiger partial charge on any atom is 0.303 e. The topological polar surface area (TPSA) is 105 Å². The number of carbonyl (C=O) groups excluding carboxylic acids is 1. The van der Waals surface area contributed by atoms with Crippen LogP contribution in [0, 0.1) is 11.8 Å². The number of nitrogens with zero attached hydrogens (tertiary/aromatic N) is 1. The highest BCUT2D eigenvalue weighted by molar-refractivity contribution is 5.96. The maximum absolute atomic E-state index is 11.9. The molecule has 20 heavy (non-hydrogen) atoms. The van der Waals surface area contributed by atoms with E-state index in [0.29, 0.717) is 18.2 Å². The molecule has 4 N–H and O–H groups in total. The Balaban J connectivity index is 2.60. The monoisotopic (exact) mass is 279 g/mol. The summed E-state index contributed by atoms with van der Waals surface area (Å²) < 4.78 is 0. The van der Waals surface area contributed by atoms with Crippen LogP contribution < -0.4 is 11.1 Å². The number of anilines is 1. The van der Waals surface area contributed by atoms with E-state index >= 15 is 0 Å². The lowest BCUT2D eigenvalue weighted by Crippen LogP contribution is -2.32. The van der Waals surface area contributed by atoms with Crippen molar-refractivity contribution >= 4 is 17.6 Å². The Morgan fingerprint density at radius 1 is 1.45 bits per heavy atom. The number of nitrogens with one attached hydrogen (secondary N) is 1. The molecule has 0 aliphatic heterocycles. The summed E-state index contributed by atoms with van der Waals surface area (Å²) in [7, 11) is 0. The Kier molecular flexibility index (Phi) is 5.96. The van der Waals surface area contributed by atoms with Crippen molar-refractivity contribution in [2.24, 2.45) is 11.8 Å². The second-order valence-corrected chi connectivity index (χ2v) is 5.24. The predicted octanol–water partition coefficient (Wildman–Crippen LogP) is 1.53. The van der Waals surface area contributed by atoms with Gasteiger partial charge in [-0.1, -0.05) is 13.8 Å². The van der Waals surface area contributed by atoms with Crippen LogP contribution in [-0.4, -0.2) is 28.5 Å². The number of aliphatic carboxylic acids is 1. The molecule has 1 heterocycles. The third-order valence-electron chi connectivity index (χ3n) is 2.87. The number of amides is 1. The zero-order chi connectivity index (χ0) is 15.1. The number of carboxylic acid groups (broad SMARTS) is 1. The average molecular weight is 279 g/mol. The van der Waals surface area contributed by atoms with E-state index in [-0.39, 0.29) is 23.9 Å². The van der Waals surface area contributed by atoms with Crippen molar-refractivity contribution in [2.75, 3.05) is 12.3 Å². The van der Waals surface area contributed by atoms with Crippen molar-refractivity contribution in [2.45, 2.75) is 26.7 Å². The largest absolute Gasteiger partial charge is 0.481 e. The van der Waals surface area contributed by atoms with Crippen molar-refractivity contribution in [1.82, 2.24) is 10.3 Å². The summed E-state index contributed by atoms with van der Waals surface area (Å²) in [5.41, 5.74) is 6.15. The summed E-state index contributed by atoms with van der Waals surface area (Å²) in [5, 5.41) is 11.6. The fourth-order valence-electron chi connectivity index (χ4n) is 2.08. The smallest absolute Gasteiger partial charge is 0.303 e. The van der Waals surface area contributed by atoms with Gasteiger partial charge in [0, 0.05) is 19.2 Å². The second-order valence-electron chi connectivity index (χ2n) is 5.24. The van der Waals surface area contributed by atoms with Crippen molar-refractivity contribution in [3.63, 3.8) is 0 Å². The number of carboxylic acids is 1. The van der Waals surface area contributed by atoms with Crippen molar-refractivity contribution in [3.8, 4) is 0 Å². The molecule has 0 aliphatic carbocycles. The third-order valence-corrected chi connectivity index (χ3v) is 2.87. The Morgan fingerprint density at radius 2 is 2.15 bits per heavy atom. The average Bonchev–Trinajstić information content (AvgIpc) is 2.34. The quantitative estimate of drug-likeness (QED) is 0.702. The van der Waals surface area contributed by atoms with Gasteiger partial charge in [-0.3, -0.25) is 9.59 Å². The number of hydrogen-bond donors (Lipinski definition) is 3. The fraction of sp³-hybridized carbons (Fsp3) is 0.500. The molecule has 1 atom stereocenters. The molecular weight excluding hydrogens is 258 g/mol. The van der Waals surface area contributed by atoms with Crippen LogP contribution in [0.2, 0.25) is 0 Å². The second kappa shape index (κ2) is 7.47. The van der Waals surface area contributed by atoms with E-state index in [2.05, 4.69) is 10.3 Å². The molecule has 1 amide bonds. The first-order chi connectivity index (χ1) is 9.40. The van der Waals surface area contributed by atoms with Crippen LogP contribution in [-0.2, 0) is 4.79 Å². The number of rotatable bonds is 7. The van der Waals surface area contributed by atoms with Gasteiger partial charge >= 0.3 is 5.97 Å². The normalized spacial score (nSPS) is 12.2.